The smallest absolute Gasteiger partial charge is 0.326 e. The molecule has 1 aromatic carbocycles. The highest BCUT2D eigenvalue weighted by Gasteiger charge is 2.26. The van der Waals surface area contributed by atoms with Crippen LogP contribution in [0.5, 0.6) is 0 Å². The van der Waals surface area contributed by atoms with Gasteiger partial charge in [0.2, 0.25) is 0 Å². The lowest BCUT2D eigenvalue weighted by atomic mass is 9.99. The van der Waals surface area contributed by atoms with Gasteiger partial charge < -0.3 is 15.0 Å². The highest BCUT2D eigenvalue weighted by Crippen LogP contribution is 2.18. The minimum atomic E-state index is -1.00. The van der Waals surface area contributed by atoms with Crippen LogP contribution < -0.4 is 5.32 Å². The monoisotopic (exact) mass is 288 g/mol. The van der Waals surface area contributed by atoms with Crippen molar-refractivity contribution in [2.45, 2.75) is 26.3 Å². The molecule has 2 atom stereocenters. The van der Waals surface area contributed by atoms with Crippen molar-refractivity contribution in [1.82, 2.24) is 9.88 Å². The SMILES string of the molecule is CC[C@H](C)[C@@H](NC(=O)c1cc2ccccc2n1C)C(=O)O. The van der Waals surface area contributed by atoms with Gasteiger partial charge in [-0.3, -0.25) is 4.79 Å². The van der Waals surface area contributed by atoms with Crippen molar-refractivity contribution in [3.8, 4) is 0 Å². The van der Waals surface area contributed by atoms with Gasteiger partial charge in [0.1, 0.15) is 11.7 Å². The van der Waals surface area contributed by atoms with Gasteiger partial charge in [-0.05, 0) is 18.1 Å². The summed E-state index contributed by atoms with van der Waals surface area (Å²) in [6, 6.07) is 8.57. The number of aliphatic carboxylic acids is 1. The van der Waals surface area contributed by atoms with E-state index in [0.29, 0.717) is 12.1 Å². The van der Waals surface area contributed by atoms with E-state index >= 15 is 0 Å². The van der Waals surface area contributed by atoms with Gasteiger partial charge in [0.15, 0.2) is 0 Å². The topological polar surface area (TPSA) is 71.3 Å². The Morgan fingerprint density at radius 2 is 2.00 bits per heavy atom. The number of benzene rings is 1. The first-order valence-corrected chi connectivity index (χ1v) is 7.03. The van der Waals surface area contributed by atoms with Crippen LogP contribution in [0.4, 0.5) is 0 Å². The summed E-state index contributed by atoms with van der Waals surface area (Å²) in [5.74, 6) is -1.49. The largest absolute Gasteiger partial charge is 0.480 e. The molecule has 2 aromatic rings. The zero-order valence-electron chi connectivity index (χ0n) is 12.5. The number of carboxylic acid groups (broad SMARTS) is 1. The molecule has 2 N–H and O–H groups in total. The number of hydrogen-bond donors (Lipinski definition) is 2. The Morgan fingerprint density at radius 1 is 1.33 bits per heavy atom. The number of para-hydroxylation sites is 1. The average molecular weight is 288 g/mol. The molecular weight excluding hydrogens is 268 g/mol. The summed E-state index contributed by atoms with van der Waals surface area (Å²) in [7, 11) is 1.80. The van der Waals surface area contributed by atoms with Crippen molar-refractivity contribution in [3.63, 3.8) is 0 Å². The number of carbonyl (C=O) groups is 2. The summed E-state index contributed by atoms with van der Waals surface area (Å²) in [6.07, 6.45) is 0.687. The van der Waals surface area contributed by atoms with E-state index in [9.17, 15) is 14.7 Å². The normalized spacial score (nSPS) is 13.9. The lowest BCUT2D eigenvalue weighted by Gasteiger charge is -2.20. The Hall–Kier alpha value is -2.30. The van der Waals surface area contributed by atoms with Crippen molar-refractivity contribution >= 4 is 22.8 Å². The third-order valence-corrected chi connectivity index (χ3v) is 3.95. The van der Waals surface area contributed by atoms with Crippen LogP contribution in [0.25, 0.3) is 10.9 Å². The molecule has 0 radical (unpaired) electrons. The molecule has 1 aromatic heterocycles. The molecule has 21 heavy (non-hydrogen) atoms. The summed E-state index contributed by atoms with van der Waals surface area (Å²) in [5, 5.41) is 12.8. The van der Waals surface area contributed by atoms with Crippen molar-refractivity contribution in [2.75, 3.05) is 0 Å². The quantitative estimate of drug-likeness (QED) is 0.887. The van der Waals surface area contributed by atoms with E-state index in [2.05, 4.69) is 5.32 Å². The molecule has 0 aliphatic rings. The molecule has 1 amide bonds. The van der Waals surface area contributed by atoms with E-state index in [0.717, 1.165) is 10.9 Å². The predicted molar refractivity (Wildman–Crippen MR) is 81.3 cm³/mol. The summed E-state index contributed by atoms with van der Waals surface area (Å²) in [6.45, 7) is 3.73. The van der Waals surface area contributed by atoms with E-state index in [1.807, 2.05) is 38.1 Å². The number of nitrogens with one attached hydrogen (secondary N) is 1. The van der Waals surface area contributed by atoms with Gasteiger partial charge in [-0.2, -0.15) is 0 Å². The maximum atomic E-state index is 12.4. The van der Waals surface area contributed by atoms with Crippen molar-refractivity contribution in [1.29, 1.82) is 0 Å². The van der Waals surface area contributed by atoms with Gasteiger partial charge >= 0.3 is 5.97 Å². The molecule has 1 heterocycles. The first-order valence-electron chi connectivity index (χ1n) is 7.03. The van der Waals surface area contributed by atoms with Gasteiger partial charge in [-0.15, -0.1) is 0 Å². The molecule has 0 spiro atoms. The summed E-state index contributed by atoms with van der Waals surface area (Å²) in [5.41, 5.74) is 1.41. The number of nitrogens with zero attached hydrogens (tertiary/aromatic N) is 1. The van der Waals surface area contributed by atoms with Crippen LogP contribution in [0.2, 0.25) is 0 Å². The molecule has 2 rings (SSSR count). The number of aryl methyl sites for hydroxylation is 1. The predicted octanol–water partition coefficient (Wildman–Crippen LogP) is 2.41. The Labute approximate surface area is 123 Å². The van der Waals surface area contributed by atoms with Crippen LogP contribution in [-0.4, -0.2) is 27.6 Å². The van der Waals surface area contributed by atoms with Crippen LogP contribution in [0.15, 0.2) is 30.3 Å². The van der Waals surface area contributed by atoms with E-state index in [-0.39, 0.29) is 11.8 Å². The van der Waals surface area contributed by atoms with E-state index in [4.69, 9.17) is 0 Å². The highest BCUT2D eigenvalue weighted by atomic mass is 16.4. The zero-order valence-corrected chi connectivity index (χ0v) is 12.5. The van der Waals surface area contributed by atoms with E-state index < -0.39 is 12.0 Å². The number of aromatic nitrogens is 1. The van der Waals surface area contributed by atoms with E-state index in [1.165, 1.54) is 0 Å². The standard InChI is InChI=1S/C16H20N2O3/c1-4-10(2)14(16(20)21)17-15(19)13-9-11-7-5-6-8-12(11)18(13)3/h5-10,14H,4H2,1-3H3,(H,17,19)(H,20,21)/t10-,14+/m0/s1. The third-order valence-electron chi connectivity index (χ3n) is 3.95. The highest BCUT2D eigenvalue weighted by molar-refractivity contribution is 6.00. The number of amides is 1. The van der Waals surface area contributed by atoms with Gasteiger partial charge in [0.25, 0.3) is 5.91 Å². The van der Waals surface area contributed by atoms with E-state index in [1.54, 1.807) is 17.7 Å². The van der Waals surface area contributed by atoms with Crippen LogP contribution >= 0.6 is 0 Å². The molecule has 5 heteroatoms. The van der Waals surface area contributed by atoms with Gasteiger partial charge in [-0.25, -0.2) is 4.79 Å². The number of carboxylic acids is 1. The van der Waals surface area contributed by atoms with Gasteiger partial charge in [-0.1, -0.05) is 38.5 Å². The molecule has 0 fully saturated rings. The molecule has 0 bridgehead atoms. The Kier molecular flexibility index (Phi) is 4.31. The fraction of sp³-hybridized carbons (Fsp3) is 0.375. The maximum absolute atomic E-state index is 12.4. The second-order valence-electron chi connectivity index (χ2n) is 5.32. The Morgan fingerprint density at radius 3 is 2.57 bits per heavy atom. The minimum absolute atomic E-state index is 0.124. The third kappa shape index (κ3) is 2.91. The minimum Gasteiger partial charge on any atom is -0.480 e. The number of hydrogen-bond acceptors (Lipinski definition) is 2. The Bertz CT molecular complexity index is 675. The maximum Gasteiger partial charge on any atom is 0.326 e. The van der Waals surface area contributed by atoms with Crippen LogP contribution in [0, 0.1) is 5.92 Å². The molecule has 5 nitrogen and oxygen atoms in total. The van der Waals surface area contributed by atoms with Crippen molar-refractivity contribution in [2.24, 2.45) is 13.0 Å². The molecule has 0 aliphatic heterocycles. The summed E-state index contributed by atoms with van der Waals surface area (Å²) in [4.78, 5) is 23.7. The molecule has 0 aliphatic carbocycles. The summed E-state index contributed by atoms with van der Waals surface area (Å²) >= 11 is 0. The second kappa shape index (κ2) is 5.99. The first-order chi connectivity index (χ1) is 9.95. The Balaban J connectivity index is 2.29. The number of carbonyl (C=O) groups excluding carboxylic acids is 1. The zero-order chi connectivity index (χ0) is 15.6. The van der Waals surface area contributed by atoms with Crippen LogP contribution in [-0.2, 0) is 11.8 Å². The lowest BCUT2D eigenvalue weighted by Crippen LogP contribution is -2.45. The first kappa shape index (κ1) is 15.1. The average Bonchev–Trinajstić information content (AvgIpc) is 2.81. The van der Waals surface area contributed by atoms with Crippen molar-refractivity contribution < 1.29 is 14.7 Å². The fourth-order valence-corrected chi connectivity index (χ4v) is 2.41. The molecular formula is C16H20N2O3. The number of rotatable bonds is 5. The van der Waals surface area contributed by atoms with Crippen LogP contribution in [0.3, 0.4) is 0 Å². The number of fused-ring (bicyclic) bond motifs is 1. The van der Waals surface area contributed by atoms with Gasteiger partial charge in [0, 0.05) is 18.0 Å². The fourth-order valence-electron chi connectivity index (χ4n) is 2.41. The van der Waals surface area contributed by atoms with Crippen LogP contribution in [0.1, 0.15) is 30.8 Å². The lowest BCUT2D eigenvalue weighted by molar-refractivity contribution is -0.140. The molecule has 0 saturated carbocycles. The second-order valence-corrected chi connectivity index (χ2v) is 5.32. The van der Waals surface area contributed by atoms with Crippen molar-refractivity contribution in [3.05, 3.63) is 36.0 Å². The summed E-state index contributed by atoms with van der Waals surface area (Å²) < 4.78 is 1.78. The van der Waals surface area contributed by atoms with Gasteiger partial charge in [0.05, 0.1) is 0 Å². The molecule has 0 unspecified atom stereocenters. The molecule has 0 saturated heterocycles. The molecule has 112 valence electrons.